The Morgan fingerprint density at radius 2 is 1.67 bits per heavy atom. The average Bonchev–Trinajstić information content (AvgIpc) is 2.08. The van der Waals surface area contributed by atoms with Gasteiger partial charge in [0.05, 0.1) is 12.7 Å². The standard InChI is InChI=1S/C7H14O5/c1-3-5(9)7(11)6(10)4(2-8)12-3/h3-11H,2H2,1H3/t3?,4-,5+,6+,7+/m1/s1. The second kappa shape index (κ2) is 3.68. The summed E-state index contributed by atoms with van der Waals surface area (Å²) in [6, 6.07) is 0. The van der Waals surface area contributed by atoms with Crippen molar-refractivity contribution >= 4 is 0 Å². The number of rotatable bonds is 1. The van der Waals surface area contributed by atoms with E-state index in [2.05, 4.69) is 0 Å². The topological polar surface area (TPSA) is 90.2 Å². The molecule has 0 aromatic carbocycles. The van der Waals surface area contributed by atoms with Crippen molar-refractivity contribution in [2.24, 2.45) is 0 Å². The fourth-order valence-electron chi connectivity index (χ4n) is 1.29. The number of ether oxygens (including phenoxy) is 1. The fraction of sp³-hybridized carbons (Fsp3) is 1.00. The van der Waals surface area contributed by atoms with Crippen LogP contribution < -0.4 is 0 Å². The van der Waals surface area contributed by atoms with Crippen LogP contribution in [0.5, 0.6) is 0 Å². The van der Waals surface area contributed by atoms with Gasteiger partial charge >= 0.3 is 0 Å². The second-order valence-corrected chi connectivity index (χ2v) is 3.03. The summed E-state index contributed by atoms with van der Waals surface area (Å²) in [6.45, 7) is 1.21. The van der Waals surface area contributed by atoms with Crippen molar-refractivity contribution in [2.45, 2.75) is 37.4 Å². The number of hydrogen-bond donors (Lipinski definition) is 4. The smallest absolute Gasteiger partial charge is 0.111 e. The zero-order chi connectivity index (χ0) is 9.30. The summed E-state index contributed by atoms with van der Waals surface area (Å²) >= 11 is 0. The highest BCUT2D eigenvalue weighted by Crippen LogP contribution is 2.20. The van der Waals surface area contributed by atoms with Crippen LogP contribution >= 0.6 is 0 Å². The number of aliphatic hydroxyl groups excluding tert-OH is 4. The zero-order valence-corrected chi connectivity index (χ0v) is 6.79. The molecule has 5 atom stereocenters. The van der Waals surface area contributed by atoms with Crippen LogP contribution in [0.4, 0.5) is 0 Å². The molecule has 0 bridgehead atoms. The van der Waals surface area contributed by atoms with Gasteiger partial charge in [0.15, 0.2) is 0 Å². The first kappa shape index (κ1) is 9.88. The molecule has 12 heavy (non-hydrogen) atoms. The van der Waals surface area contributed by atoms with Gasteiger partial charge in [-0.3, -0.25) is 0 Å². The van der Waals surface area contributed by atoms with E-state index in [1.54, 1.807) is 6.92 Å². The van der Waals surface area contributed by atoms with Gasteiger partial charge in [-0.1, -0.05) is 0 Å². The molecule has 0 radical (unpaired) electrons. The summed E-state index contributed by atoms with van der Waals surface area (Å²) in [5, 5.41) is 36.4. The largest absolute Gasteiger partial charge is 0.394 e. The SMILES string of the molecule is CC1O[C@H](CO)[C@H](O)[C@@H](O)[C@H]1O. The summed E-state index contributed by atoms with van der Waals surface area (Å²) in [6.07, 6.45) is -4.94. The van der Waals surface area contributed by atoms with Crippen LogP contribution in [0.25, 0.3) is 0 Å². The minimum Gasteiger partial charge on any atom is -0.394 e. The first-order valence-corrected chi connectivity index (χ1v) is 3.88. The molecule has 4 N–H and O–H groups in total. The Labute approximate surface area is 70.2 Å². The van der Waals surface area contributed by atoms with Crippen LogP contribution in [0.2, 0.25) is 0 Å². The van der Waals surface area contributed by atoms with E-state index in [-0.39, 0.29) is 6.61 Å². The van der Waals surface area contributed by atoms with E-state index in [4.69, 9.17) is 9.84 Å². The first-order valence-electron chi connectivity index (χ1n) is 3.88. The molecule has 0 aromatic heterocycles. The Morgan fingerprint density at radius 3 is 2.17 bits per heavy atom. The number of hydrogen-bond acceptors (Lipinski definition) is 5. The summed E-state index contributed by atoms with van der Waals surface area (Å²) in [7, 11) is 0. The van der Waals surface area contributed by atoms with E-state index in [0.717, 1.165) is 0 Å². The summed E-state index contributed by atoms with van der Waals surface area (Å²) < 4.78 is 5.02. The highest BCUT2D eigenvalue weighted by Gasteiger charge is 2.41. The third-order valence-electron chi connectivity index (χ3n) is 2.13. The first-order chi connectivity index (χ1) is 5.57. The van der Waals surface area contributed by atoms with E-state index in [9.17, 15) is 15.3 Å². The highest BCUT2D eigenvalue weighted by molar-refractivity contribution is 4.89. The maximum atomic E-state index is 9.23. The van der Waals surface area contributed by atoms with Crippen LogP contribution in [0.1, 0.15) is 6.92 Å². The van der Waals surface area contributed by atoms with Crippen LogP contribution in [0.3, 0.4) is 0 Å². The van der Waals surface area contributed by atoms with Crippen molar-refractivity contribution in [1.29, 1.82) is 0 Å². The van der Waals surface area contributed by atoms with Gasteiger partial charge in [0.2, 0.25) is 0 Å². The van der Waals surface area contributed by atoms with Crippen molar-refractivity contribution < 1.29 is 25.2 Å². The van der Waals surface area contributed by atoms with Crippen LogP contribution in [-0.4, -0.2) is 57.6 Å². The van der Waals surface area contributed by atoms with Gasteiger partial charge < -0.3 is 25.2 Å². The monoisotopic (exact) mass is 178 g/mol. The molecule has 0 amide bonds. The second-order valence-electron chi connectivity index (χ2n) is 3.03. The molecule has 1 fully saturated rings. The Hall–Kier alpha value is -0.200. The molecular weight excluding hydrogens is 164 g/mol. The predicted molar refractivity (Wildman–Crippen MR) is 39.4 cm³/mol. The lowest BCUT2D eigenvalue weighted by Crippen LogP contribution is -2.57. The van der Waals surface area contributed by atoms with Gasteiger partial charge in [-0.05, 0) is 6.92 Å². The summed E-state index contributed by atoms with van der Waals surface area (Å²) in [5.74, 6) is 0. The van der Waals surface area contributed by atoms with Crippen LogP contribution in [0.15, 0.2) is 0 Å². The molecule has 0 spiro atoms. The summed E-state index contributed by atoms with van der Waals surface area (Å²) in [5.41, 5.74) is 0. The molecule has 1 heterocycles. The van der Waals surface area contributed by atoms with E-state index in [1.165, 1.54) is 0 Å². The van der Waals surface area contributed by atoms with E-state index >= 15 is 0 Å². The number of aliphatic hydroxyl groups is 4. The molecular formula is C7H14O5. The minimum atomic E-state index is -1.24. The van der Waals surface area contributed by atoms with E-state index in [1.807, 2.05) is 0 Å². The van der Waals surface area contributed by atoms with E-state index in [0.29, 0.717) is 0 Å². The van der Waals surface area contributed by atoms with Gasteiger partial charge in [0, 0.05) is 0 Å². The normalized spacial score (nSPS) is 49.2. The quantitative estimate of drug-likeness (QED) is 0.367. The Kier molecular flexibility index (Phi) is 3.03. The Bertz CT molecular complexity index is 146. The van der Waals surface area contributed by atoms with Crippen molar-refractivity contribution in [1.82, 2.24) is 0 Å². The lowest BCUT2D eigenvalue weighted by molar-refractivity contribution is -0.224. The molecule has 1 saturated heterocycles. The molecule has 5 heteroatoms. The fourth-order valence-corrected chi connectivity index (χ4v) is 1.29. The molecule has 1 aliphatic rings. The van der Waals surface area contributed by atoms with Gasteiger partial charge in [0.25, 0.3) is 0 Å². The predicted octanol–water partition coefficient (Wildman–Crippen LogP) is -2.15. The highest BCUT2D eigenvalue weighted by atomic mass is 16.5. The van der Waals surface area contributed by atoms with Crippen molar-refractivity contribution in [3.8, 4) is 0 Å². The van der Waals surface area contributed by atoms with Crippen molar-refractivity contribution in [2.75, 3.05) is 6.61 Å². The van der Waals surface area contributed by atoms with Gasteiger partial charge in [-0.2, -0.15) is 0 Å². The van der Waals surface area contributed by atoms with Crippen molar-refractivity contribution in [3.05, 3.63) is 0 Å². The van der Waals surface area contributed by atoms with Gasteiger partial charge in [0.1, 0.15) is 24.4 Å². The molecule has 1 aliphatic heterocycles. The molecule has 0 saturated carbocycles. The van der Waals surface area contributed by atoms with Gasteiger partial charge in [-0.25, -0.2) is 0 Å². The summed E-state index contributed by atoms with van der Waals surface area (Å²) in [4.78, 5) is 0. The Morgan fingerprint density at radius 1 is 1.08 bits per heavy atom. The van der Waals surface area contributed by atoms with Crippen molar-refractivity contribution in [3.63, 3.8) is 0 Å². The maximum Gasteiger partial charge on any atom is 0.111 e. The van der Waals surface area contributed by atoms with Crippen LogP contribution in [0, 0.1) is 0 Å². The third-order valence-corrected chi connectivity index (χ3v) is 2.13. The zero-order valence-electron chi connectivity index (χ0n) is 6.79. The average molecular weight is 178 g/mol. The minimum absolute atomic E-state index is 0.366. The molecule has 5 nitrogen and oxygen atoms in total. The Balaban J connectivity index is 2.63. The lowest BCUT2D eigenvalue weighted by atomic mass is 9.96. The van der Waals surface area contributed by atoms with E-state index < -0.39 is 30.5 Å². The lowest BCUT2D eigenvalue weighted by Gasteiger charge is -2.38. The molecule has 1 rings (SSSR count). The molecule has 1 unspecified atom stereocenters. The third kappa shape index (κ3) is 1.60. The maximum absolute atomic E-state index is 9.23. The molecule has 0 aromatic rings. The van der Waals surface area contributed by atoms with Gasteiger partial charge in [-0.15, -0.1) is 0 Å². The molecule has 72 valence electrons. The molecule has 0 aliphatic carbocycles. The van der Waals surface area contributed by atoms with Crippen LogP contribution in [-0.2, 0) is 4.74 Å².